The van der Waals surface area contributed by atoms with Crippen molar-refractivity contribution in [2.24, 2.45) is 11.5 Å². The number of carbonyl (C=O) groups is 2. The number of esters is 1. The van der Waals surface area contributed by atoms with E-state index in [1.807, 2.05) is 0 Å². The molecule has 0 fully saturated rings. The van der Waals surface area contributed by atoms with Gasteiger partial charge in [0.05, 0.1) is 19.4 Å². The molecule has 0 saturated heterocycles. The number of aliphatic hydroxyl groups is 1. The maximum atomic E-state index is 10.5. The van der Waals surface area contributed by atoms with Crippen LogP contribution in [0.4, 0.5) is 0 Å². The highest BCUT2D eigenvalue weighted by Crippen LogP contribution is 1.91. The number of hydrogen-bond acceptors (Lipinski definition) is 6. The molecular formula is C8H18N2O5. The molecule has 7 nitrogen and oxygen atoms in total. The first-order valence-electron chi connectivity index (χ1n) is 4.46. The predicted molar refractivity (Wildman–Crippen MR) is 53.0 cm³/mol. The van der Waals surface area contributed by atoms with Crippen molar-refractivity contribution in [3.8, 4) is 0 Å². The largest absolute Gasteiger partial charge is 0.481 e. The highest BCUT2D eigenvalue weighted by Gasteiger charge is 2.05. The third kappa shape index (κ3) is 19.3. The summed E-state index contributed by atoms with van der Waals surface area (Å²) in [6.07, 6.45) is -0.375. The molecule has 0 aliphatic heterocycles. The van der Waals surface area contributed by atoms with Gasteiger partial charge in [-0.1, -0.05) is 0 Å². The lowest BCUT2D eigenvalue weighted by Gasteiger charge is -1.99. The number of ether oxygens (including phenoxy) is 1. The molecule has 0 unspecified atom stereocenters. The Morgan fingerprint density at radius 2 is 1.67 bits per heavy atom. The van der Waals surface area contributed by atoms with Gasteiger partial charge in [0.25, 0.3) is 0 Å². The van der Waals surface area contributed by atoms with Gasteiger partial charge < -0.3 is 26.4 Å². The molecule has 0 spiro atoms. The Hall–Kier alpha value is -1.18. The maximum absolute atomic E-state index is 10.5. The number of nitrogens with two attached hydrogens (primary N) is 2. The predicted octanol–water partition coefficient (Wildman–Crippen LogP) is -1.71. The molecule has 0 amide bonds. The van der Waals surface area contributed by atoms with Crippen LogP contribution in [0.25, 0.3) is 0 Å². The number of aliphatic carboxylic acids is 1. The van der Waals surface area contributed by atoms with E-state index in [9.17, 15) is 9.59 Å². The summed E-state index contributed by atoms with van der Waals surface area (Å²) in [5, 5.41) is 16.3. The van der Waals surface area contributed by atoms with Gasteiger partial charge in [-0.3, -0.25) is 9.59 Å². The number of aliphatic hydroxyl groups excluding tert-OH is 1. The lowest BCUT2D eigenvalue weighted by molar-refractivity contribution is -0.148. The monoisotopic (exact) mass is 222 g/mol. The van der Waals surface area contributed by atoms with Gasteiger partial charge >= 0.3 is 11.9 Å². The van der Waals surface area contributed by atoms with E-state index in [-0.39, 0.29) is 26.1 Å². The molecule has 7 heteroatoms. The number of carbonyl (C=O) groups excluding carboxylic acids is 1. The summed E-state index contributed by atoms with van der Waals surface area (Å²) in [5.74, 6) is -1.63. The van der Waals surface area contributed by atoms with Crippen molar-refractivity contribution in [3.05, 3.63) is 0 Å². The van der Waals surface area contributed by atoms with Crippen LogP contribution in [0.2, 0.25) is 0 Å². The highest BCUT2D eigenvalue weighted by molar-refractivity contribution is 5.76. The van der Waals surface area contributed by atoms with E-state index < -0.39 is 11.9 Å². The first kappa shape index (κ1) is 16.3. The van der Waals surface area contributed by atoms with E-state index in [1.54, 1.807) is 0 Å². The molecule has 0 aromatic heterocycles. The summed E-state index contributed by atoms with van der Waals surface area (Å²) in [6, 6.07) is 0. The maximum Gasteiger partial charge on any atom is 0.306 e. The van der Waals surface area contributed by atoms with Crippen molar-refractivity contribution < 1.29 is 24.5 Å². The standard InChI is InChI=1S/C6H10O5.C2H8N2/c7-3-4-11-6(10)2-1-5(8)9;3-1-2-4/h7H,1-4H2,(H,8,9);1-4H2. The third-order valence-corrected chi connectivity index (χ3v) is 1.06. The Morgan fingerprint density at radius 3 is 2.00 bits per heavy atom. The average Bonchev–Trinajstić information content (AvgIpc) is 2.23. The van der Waals surface area contributed by atoms with Gasteiger partial charge in [-0.15, -0.1) is 0 Å². The summed E-state index contributed by atoms with van der Waals surface area (Å²) in [7, 11) is 0. The minimum absolute atomic E-state index is 0.0710. The fourth-order valence-corrected chi connectivity index (χ4v) is 0.441. The van der Waals surface area contributed by atoms with Crippen molar-refractivity contribution >= 4 is 11.9 Å². The molecule has 0 bridgehead atoms. The number of rotatable bonds is 6. The third-order valence-electron chi connectivity index (χ3n) is 1.06. The Morgan fingerprint density at radius 1 is 1.13 bits per heavy atom. The lowest BCUT2D eigenvalue weighted by atomic mass is 10.3. The SMILES string of the molecule is NCCN.O=C(O)CCC(=O)OCCO. The number of hydrogen-bond donors (Lipinski definition) is 4. The van der Waals surface area contributed by atoms with Crippen molar-refractivity contribution in [1.29, 1.82) is 0 Å². The van der Waals surface area contributed by atoms with Gasteiger partial charge in [-0.2, -0.15) is 0 Å². The van der Waals surface area contributed by atoms with Crippen LogP contribution < -0.4 is 11.5 Å². The van der Waals surface area contributed by atoms with Crippen LogP contribution in [0.3, 0.4) is 0 Å². The second-order valence-electron chi connectivity index (χ2n) is 2.42. The smallest absolute Gasteiger partial charge is 0.306 e. The zero-order valence-corrected chi connectivity index (χ0v) is 8.52. The van der Waals surface area contributed by atoms with Crippen LogP contribution in [0.15, 0.2) is 0 Å². The van der Waals surface area contributed by atoms with Crippen LogP contribution in [-0.4, -0.2) is 48.5 Å². The van der Waals surface area contributed by atoms with Crippen molar-refractivity contribution in [1.82, 2.24) is 0 Å². The second kappa shape index (κ2) is 12.8. The second-order valence-corrected chi connectivity index (χ2v) is 2.42. The summed E-state index contributed by atoms with van der Waals surface area (Å²) in [5.41, 5.74) is 9.81. The quantitative estimate of drug-likeness (QED) is 0.393. The van der Waals surface area contributed by atoms with Crippen LogP contribution in [0, 0.1) is 0 Å². The zero-order valence-electron chi connectivity index (χ0n) is 8.52. The first-order valence-corrected chi connectivity index (χ1v) is 4.46. The fraction of sp³-hybridized carbons (Fsp3) is 0.750. The van der Waals surface area contributed by atoms with E-state index in [0.29, 0.717) is 13.1 Å². The topological polar surface area (TPSA) is 136 Å². The molecule has 0 radical (unpaired) electrons. The normalized spacial score (nSPS) is 8.73. The molecule has 0 heterocycles. The zero-order chi connectivity index (χ0) is 12.1. The van der Waals surface area contributed by atoms with Crippen molar-refractivity contribution in [2.75, 3.05) is 26.3 Å². The molecule has 0 aliphatic rings. The Bertz CT molecular complexity index is 172. The Labute approximate surface area is 88.0 Å². The molecular weight excluding hydrogens is 204 g/mol. The number of carboxylic acid groups (broad SMARTS) is 1. The van der Waals surface area contributed by atoms with E-state index >= 15 is 0 Å². The van der Waals surface area contributed by atoms with Gasteiger partial charge in [0.2, 0.25) is 0 Å². The molecule has 90 valence electrons. The Kier molecular flexibility index (Phi) is 13.9. The summed E-state index contributed by atoms with van der Waals surface area (Å²) in [4.78, 5) is 20.4. The van der Waals surface area contributed by atoms with Gasteiger partial charge in [0, 0.05) is 13.1 Å². The van der Waals surface area contributed by atoms with Gasteiger partial charge in [-0.05, 0) is 0 Å². The highest BCUT2D eigenvalue weighted by atomic mass is 16.5. The van der Waals surface area contributed by atoms with Gasteiger partial charge in [0.15, 0.2) is 0 Å². The minimum Gasteiger partial charge on any atom is -0.481 e. The summed E-state index contributed by atoms with van der Waals surface area (Å²) in [6.45, 7) is 0.886. The molecule has 0 aromatic rings. The van der Waals surface area contributed by atoms with Crippen molar-refractivity contribution in [3.63, 3.8) is 0 Å². The summed E-state index contributed by atoms with van der Waals surface area (Å²) >= 11 is 0. The van der Waals surface area contributed by atoms with E-state index in [4.69, 9.17) is 21.7 Å². The van der Waals surface area contributed by atoms with Crippen LogP contribution in [-0.2, 0) is 14.3 Å². The lowest BCUT2D eigenvalue weighted by Crippen LogP contribution is -2.11. The van der Waals surface area contributed by atoms with E-state index in [2.05, 4.69) is 4.74 Å². The van der Waals surface area contributed by atoms with Crippen LogP contribution in [0.1, 0.15) is 12.8 Å². The van der Waals surface area contributed by atoms with Crippen molar-refractivity contribution in [2.45, 2.75) is 12.8 Å². The molecule has 0 aromatic carbocycles. The number of carboxylic acids is 1. The minimum atomic E-state index is -1.04. The molecule has 6 N–H and O–H groups in total. The van der Waals surface area contributed by atoms with Crippen LogP contribution in [0.5, 0.6) is 0 Å². The summed E-state index contributed by atoms with van der Waals surface area (Å²) < 4.78 is 4.39. The molecule has 0 atom stereocenters. The van der Waals surface area contributed by atoms with Gasteiger partial charge in [-0.25, -0.2) is 0 Å². The molecule has 0 aliphatic carbocycles. The molecule has 0 saturated carbocycles. The van der Waals surface area contributed by atoms with Crippen LogP contribution >= 0.6 is 0 Å². The first-order chi connectivity index (χ1) is 7.08. The van der Waals surface area contributed by atoms with E-state index in [0.717, 1.165) is 0 Å². The fourth-order valence-electron chi connectivity index (χ4n) is 0.441. The molecule has 15 heavy (non-hydrogen) atoms. The molecule has 0 rings (SSSR count). The average molecular weight is 222 g/mol. The van der Waals surface area contributed by atoms with Gasteiger partial charge in [0.1, 0.15) is 6.61 Å². The van der Waals surface area contributed by atoms with E-state index in [1.165, 1.54) is 0 Å². The Balaban J connectivity index is 0.